The second kappa shape index (κ2) is 6.77. The van der Waals surface area contributed by atoms with Crippen molar-refractivity contribution in [3.8, 4) is 5.75 Å². The van der Waals surface area contributed by atoms with E-state index in [0.717, 1.165) is 11.8 Å². The molecule has 0 saturated heterocycles. The number of carbonyl (C=O) groups is 2. The Morgan fingerprint density at radius 3 is 2.84 bits per heavy atom. The van der Waals surface area contributed by atoms with Crippen molar-refractivity contribution in [2.45, 2.75) is 9.92 Å². The fourth-order valence-corrected chi connectivity index (χ4v) is 3.07. The number of aromatic nitrogens is 3. The lowest BCUT2D eigenvalue weighted by molar-refractivity contribution is -0.135. The first-order valence-electron chi connectivity index (χ1n) is 6.95. The Balaban J connectivity index is 2.00. The van der Waals surface area contributed by atoms with Crippen molar-refractivity contribution in [2.24, 2.45) is 0 Å². The second-order valence-corrected chi connectivity index (χ2v) is 5.97. The molecule has 10 heteroatoms. The van der Waals surface area contributed by atoms with Gasteiger partial charge in [0.1, 0.15) is 35.0 Å². The van der Waals surface area contributed by atoms with Crippen LogP contribution in [0.1, 0.15) is 10.4 Å². The van der Waals surface area contributed by atoms with Gasteiger partial charge in [0.05, 0.1) is 0 Å². The predicted octanol–water partition coefficient (Wildman–Crippen LogP) is 1.54. The monoisotopic (exact) mass is 362 g/mol. The maximum absolute atomic E-state index is 13.3. The Morgan fingerprint density at radius 1 is 1.32 bits per heavy atom. The number of aromatic hydroxyl groups is 1. The van der Waals surface area contributed by atoms with Crippen LogP contribution in [0.25, 0.3) is 5.65 Å². The van der Waals surface area contributed by atoms with E-state index < -0.39 is 24.2 Å². The van der Waals surface area contributed by atoms with Gasteiger partial charge in [0.25, 0.3) is 5.91 Å². The molecule has 3 N–H and O–H groups in total. The molecule has 128 valence electrons. The smallest absolute Gasteiger partial charge is 0.322 e. The van der Waals surface area contributed by atoms with Gasteiger partial charge in [0.15, 0.2) is 5.65 Å². The highest BCUT2D eigenvalue weighted by molar-refractivity contribution is 7.99. The standard InChI is InChI=1S/C15H11FN4O4S/c16-8-2-1-3-9(4-8)25-11-5-10(21)13(14-18-7-19-20(11)14)15(24)17-6-12(22)23/h1-5,7,21H,6H2,(H,17,24)(H,22,23). The molecule has 0 aliphatic heterocycles. The van der Waals surface area contributed by atoms with E-state index in [9.17, 15) is 19.1 Å². The van der Waals surface area contributed by atoms with Crippen molar-refractivity contribution in [2.75, 3.05) is 6.54 Å². The van der Waals surface area contributed by atoms with E-state index in [0.29, 0.717) is 9.92 Å². The van der Waals surface area contributed by atoms with Crippen LogP contribution in [0.5, 0.6) is 5.75 Å². The number of pyridine rings is 1. The highest BCUT2D eigenvalue weighted by Crippen LogP contribution is 2.33. The number of benzene rings is 1. The van der Waals surface area contributed by atoms with E-state index in [-0.39, 0.29) is 17.0 Å². The Labute approximate surface area is 144 Å². The number of carboxylic acids is 1. The summed E-state index contributed by atoms with van der Waals surface area (Å²) < 4.78 is 14.6. The Kier molecular flexibility index (Phi) is 4.52. The Morgan fingerprint density at radius 2 is 2.12 bits per heavy atom. The number of amides is 1. The van der Waals surface area contributed by atoms with Gasteiger partial charge in [-0.1, -0.05) is 17.8 Å². The van der Waals surface area contributed by atoms with Crippen molar-refractivity contribution in [3.05, 3.63) is 48.0 Å². The summed E-state index contributed by atoms with van der Waals surface area (Å²) in [7, 11) is 0. The summed E-state index contributed by atoms with van der Waals surface area (Å²) in [5.74, 6) is -2.81. The molecule has 0 aliphatic carbocycles. The van der Waals surface area contributed by atoms with Crippen LogP contribution in [0.15, 0.2) is 46.6 Å². The molecule has 0 bridgehead atoms. The number of rotatable bonds is 5. The molecule has 25 heavy (non-hydrogen) atoms. The van der Waals surface area contributed by atoms with Gasteiger partial charge in [-0.05, 0) is 18.2 Å². The molecule has 0 aliphatic rings. The number of carbonyl (C=O) groups excluding carboxylic acids is 1. The van der Waals surface area contributed by atoms with E-state index in [1.807, 2.05) is 0 Å². The minimum Gasteiger partial charge on any atom is -0.507 e. The summed E-state index contributed by atoms with van der Waals surface area (Å²) in [5, 5.41) is 25.4. The predicted molar refractivity (Wildman–Crippen MR) is 85.1 cm³/mol. The summed E-state index contributed by atoms with van der Waals surface area (Å²) in [4.78, 5) is 27.2. The number of aliphatic carboxylic acids is 1. The minimum absolute atomic E-state index is 0.0572. The van der Waals surface area contributed by atoms with Gasteiger partial charge in [0, 0.05) is 11.0 Å². The molecule has 2 aromatic heterocycles. The molecular formula is C15H11FN4O4S. The molecule has 8 nitrogen and oxygen atoms in total. The first kappa shape index (κ1) is 16.7. The van der Waals surface area contributed by atoms with Crippen LogP contribution in [0.2, 0.25) is 0 Å². The maximum atomic E-state index is 13.3. The molecule has 1 amide bonds. The molecule has 0 spiro atoms. The highest BCUT2D eigenvalue weighted by atomic mass is 32.2. The quantitative estimate of drug-likeness (QED) is 0.630. The van der Waals surface area contributed by atoms with Crippen LogP contribution in [0, 0.1) is 5.82 Å². The van der Waals surface area contributed by atoms with E-state index in [1.54, 1.807) is 12.1 Å². The van der Waals surface area contributed by atoms with Crippen LogP contribution < -0.4 is 5.32 Å². The van der Waals surface area contributed by atoms with Gasteiger partial charge in [0.2, 0.25) is 0 Å². The van der Waals surface area contributed by atoms with Crippen molar-refractivity contribution < 1.29 is 24.2 Å². The third-order valence-electron chi connectivity index (χ3n) is 3.14. The zero-order valence-electron chi connectivity index (χ0n) is 12.5. The van der Waals surface area contributed by atoms with Crippen LogP contribution >= 0.6 is 11.8 Å². The van der Waals surface area contributed by atoms with E-state index in [1.165, 1.54) is 29.0 Å². The molecule has 0 atom stereocenters. The van der Waals surface area contributed by atoms with Gasteiger partial charge in [-0.3, -0.25) is 9.59 Å². The van der Waals surface area contributed by atoms with E-state index in [2.05, 4.69) is 15.4 Å². The van der Waals surface area contributed by atoms with E-state index >= 15 is 0 Å². The molecule has 3 aromatic rings. The summed E-state index contributed by atoms with van der Waals surface area (Å²) >= 11 is 1.12. The zero-order chi connectivity index (χ0) is 18.0. The lowest BCUT2D eigenvalue weighted by Gasteiger charge is -2.10. The van der Waals surface area contributed by atoms with Gasteiger partial charge < -0.3 is 15.5 Å². The van der Waals surface area contributed by atoms with Crippen molar-refractivity contribution in [3.63, 3.8) is 0 Å². The largest absolute Gasteiger partial charge is 0.507 e. The molecule has 2 heterocycles. The first-order valence-corrected chi connectivity index (χ1v) is 7.76. The number of nitrogens with zero attached hydrogens (tertiary/aromatic N) is 3. The molecule has 3 rings (SSSR count). The van der Waals surface area contributed by atoms with Crippen LogP contribution in [0.4, 0.5) is 4.39 Å². The van der Waals surface area contributed by atoms with Crippen LogP contribution in [-0.2, 0) is 4.79 Å². The number of fused-ring (bicyclic) bond motifs is 1. The van der Waals surface area contributed by atoms with Gasteiger partial charge in [-0.2, -0.15) is 5.10 Å². The third-order valence-corrected chi connectivity index (χ3v) is 4.13. The average molecular weight is 362 g/mol. The number of carboxylic acid groups (broad SMARTS) is 1. The summed E-state index contributed by atoms with van der Waals surface area (Å²) in [6.07, 6.45) is 1.19. The molecule has 0 unspecified atom stereocenters. The van der Waals surface area contributed by atoms with Crippen molar-refractivity contribution in [1.29, 1.82) is 0 Å². The van der Waals surface area contributed by atoms with E-state index in [4.69, 9.17) is 5.11 Å². The summed E-state index contributed by atoms with van der Waals surface area (Å²) in [5.41, 5.74) is -0.135. The van der Waals surface area contributed by atoms with Crippen LogP contribution in [0.3, 0.4) is 0 Å². The van der Waals surface area contributed by atoms with Gasteiger partial charge in [-0.15, -0.1) is 0 Å². The third kappa shape index (κ3) is 3.53. The SMILES string of the molecule is O=C(O)CNC(=O)c1c(O)cc(Sc2cccc(F)c2)n2ncnc12. The number of halogens is 1. The molecule has 1 aromatic carbocycles. The number of hydrogen-bond acceptors (Lipinski definition) is 6. The number of hydrogen-bond donors (Lipinski definition) is 3. The summed E-state index contributed by atoms with van der Waals surface area (Å²) in [6, 6.07) is 7.14. The lowest BCUT2D eigenvalue weighted by Crippen LogP contribution is -2.29. The fraction of sp³-hybridized carbons (Fsp3) is 0.0667. The Hall–Kier alpha value is -3.14. The molecular weight excluding hydrogens is 351 g/mol. The average Bonchev–Trinajstić information content (AvgIpc) is 3.02. The fourth-order valence-electron chi connectivity index (χ4n) is 2.12. The first-order chi connectivity index (χ1) is 12.0. The maximum Gasteiger partial charge on any atom is 0.322 e. The minimum atomic E-state index is -1.22. The number of nitrogens with one attached hydrogen (secondary N) is 1. The highest BCUT2D eigenvalue weighted by Gasteiger charge is 2.21. The molecule has 0 fully saturated rings. The van der Waals surface area contributed by atoms with Gasteiger partial charge in [-0.25, -0.2) is 13.9 Å². The summed E-state index contributed by atoms with van der Waals surface area (Å²) in [6.45, 7) is -0.599. The zero-order valence-corrected chi connectivity index (χ0v) is 13.3. The Bertz CT molecular complexity index is 975. The normalized spacial score (nSPS) is 10.8. The lowest BCUT2D eigenvalue weighted by atomic mass is 10.2. The topological polar surface area (TPSA) is 117 Å². The molecule has 0 saturated carbocycles. The van der Waals surface area contributed by atoms with Gasteiger partial charge >= 0.3 is 5.97 Å². The van der Waals surface area contributed by atoms with Crippen LogP contribution in [-0.4, -0.2) is 43.2 Å². The van der Waals surface area contributed by atoms with Crippen molar-refractivity contribution >= 4 is 29.3 Å². The molecule has 0 radical (unpaired) electrons. The second-order valence-electron chi connectivity index (χ2n) is 4.87. The van der Waals surface area contributed by atoms with Crippen molar-refractivity contribution in [1.82, 2.24) is 19.9 Å².